The van der Waals surface area contributed by atoms with Crippen LogP contribution < -0.4 is 14.8 Å². The molecule has 6 heteroatoms. The third-order valence-corrected chi connectivity index (χ3v) is 3.67. The topological polar surface area (TPSA) is 50.8 Å². The van der Waals surface area contributed by atoms with Crippen LogP contribution in [0.4, 0.5) is 9.18 Å². The highest BCUT2D eigenvalue weighted by Crippen LogP contribution is 2.22. The van der Waals surface area contributed by atoms with Crippen molar-refractivity contribution in [2.75, 3.05) is 27.7 Å². The number of halogens is 1. The fourth-order valence-corrected chi connectivity index (χ4v) is 2.29. The molecule has 1 N–H and O–H groups in total. The minimum atomic E-state index is -0.419. The van der Waals surface area contributed by atoms with Crippen LogP contribution in [0.5, 0.6) is 11.5 Å². The second-order valence-electron chi connectivity index (χ2n) is 5.77. The first kappa shape index (κ1) is 18.7. The number of rotatable bonds is 7. The first-order chi connectivity index (χ1) is 12.0. The lowest BCUT2D eigenvalue weighted by Crippen LogP contribution is -2.25. The van der Waals surface area contributed by atoms with Gasteiger partial charge in [-0.15, -0.1) is 0 Å². The van der Waals surface area contributed by atoms with Gasteiger partial charge in [0.1, 0.15) is 17.3 Å². The molecule has 2 aromatic rings. The molecule has 0 aliphatic carbocycles. The molecule has 0 saturated carbocycles. The summed E-state index contributed by atoms with van der Waals surface area (Å²) in [6, 6.07) is 13.4. The van der Waals surface area contributed by atoms with Crippen LogP contribution in [-0.4, -0.2) is 38.7 Å². The molecule has 0 spiro atoms. The van der Waals surface area contributed by atoms with Crippen molar-refractivity contribution in [2.45, 2.75) is 12.5 Å². The van der Waals surface area contributed by atoms with Crippen molar-refractivity contribution >= 4 is 6.09 Å². The number of hydrogen-bond acceptors (Lipinski definition) is 4. The van der Waals surface area contributed by atoms with E-state index in [9.17, 15) is 9.18 Å². The summed E-state index contributed by atoms with van der Waals surface area (Å²) in [4.78, 5) is 13.0. The van der Waals surface area contributed by atoms with Crippen LogP contribution in [0.1, 0.15) is 18.0 Å². The number of carbonyl (C=O) groups excluding carboxylic acids is 1. The Kier molecular flexibility index (Phi) is 6.77. The fourth-order valence-electron chi connectivity index (χ4n) is 2.29. The maximum atomic E-state index is 12.9. The monoisotopic (exact) mass is 346 g/mol. The van der Waals surface area contributed by atoms with Gasteiger partial charge in [0.25, 0.3) is 0 Å². The lowest BCUT2D eigenvalue weighted by Gasteiger charge is -2.18. The molecule has 1 unspecified atom stereocenters. The first-order valence-corrected chi connectivity index (χ1v) is 8.04. The molecule has 0 fully saturated rings. The molecule has 25 heavy (non-hydrogen) atoms. The van der Waals surface area contributed by atoms with Crippen LogP contribution in [0.25, 0.3) is 0 Å². The predicted octanol–water partition coefficient (Wildman–Crippen LogP) is 3.62. The van der Waals surface area contributed by atoms with E-state index in [1.165, 1.54) is 17.0 Å². The van der Waals surface area contributed by atoms with Gasteiger partial charge >= 0.3 is 6.09 Å². The van der Waals surface area contributed by atoms with E-state index >= 15 is 0 Å². The SMILES string of the molecule is CNC(CCOc1ccc(F)cc1)c1cccc(OC(=O)N(C)C)c1. The van der Waals surface area contributed by atoms with E-state index in [1.54, 1.807) is 32.3 Å². The lowest BCUT2D eigenvalue weighted by molar-refractivity contribution is 0.172. The van der Waals surface area contributed by atoms with Crippen molar-refractivity contribution in [2.24, 2.45) is 0 Å². The first-order valence-electron chi connectivity index (χ1n) is 8.04. The standard InChI is InChI=1S/C19H23FN2O3/c1-21-18(11-12-24-16-9-7-15(20)8-10-16)14-5-4-6-17(13-14)25-19(23)22(2)3/h4-10,13,18,21H,11-12H2,1-3H3. The molecule has 2 rings (SSSR count). The zero-order valence-electron chi connectivity index (χ0n) is 14.7. The van der Waals surface area contributed by atoms with Gasteiger partial charge in [-0.1, -0.05) is 12.1 Å². The van der Waals surface area contributed by atoms with E-state index in [0.717, 1.165) is 5.56 Å². The van der Waals surface area contributed by atoms with E-state index in [2.05, 4.69) is 5.32 Å². The number of carbonyl (C=O) groups is 1. The zero-order valence-corrected chi connectivity index (χ0v) is 14.7. The van der Waals surface area contributed by atoms with Gasteiger partial charge in [-0.2, -0.15) is 0 Å². The quantitative estimate of drug-likeness (QED) is 0.832. The predicted molar refractivity (Wildman–Crippen MR) is 94.5 cm³/mol. The molecule has 134 valence electrons. The van der Waals surface area contributed by atoms with Crippen molar-refractivity contribution in [1.82, 2.24) is 10.2 Å². The maximum absolute atomic E-state index is 12.9. The van der Waals surface area contributed by atoms with Gasteiger partial charge in [0.2, 0.25) is 0 Å². The van der Waals surface area contributed by atoms with Crippen molar-refractivity contribution in [3.63, 3.8) is 0 Å². The summed E-state index contributed by atoms with van der Waals surface area (Å²) in [5.41, 5.74) is 0.995. The van der Waals surface area contributed by atoms with E-state index in [1.807, 2.05) is 25.2 Å². The Morgan fingerprint density at radius 3 is 2.52 bits per heavy atom. The second-order valence-corrected chi connectivity index (χ2v) is 5.77. The molecule has 1 amide bonds. The summed E-state index contributed by atoms with van der Waals surface area (Å²) in [5, 5.41) is 3.23. The summed E-state index contributed by atoms with van der Waals surface area (Å²) in [5.74, 6) is 0.838. The van der Waals surface area contributed by atoms with Gasteiger partial charge in [-0.25, -0.2) is 9.18 Å². The largest absolute Gasteiger partial charge is 0.494 e. The molecule has 0 radical (unpaired) electrons. The van der Waals surface area contributed by atoms with E-state index in [4.69, 9.17) is 9.47 Å². The zero-order chi connectivity index (χ0) is 18.2. The summed E-state index contributed by atoms with van der Waals surface area (Å²) in [6.07, 6.45) is 0.289. The van der Waals surface area contributed by atoms with E-state index < -0.39 is 6.09 Å². The molecule has 0 aliphatic rings. The minimum Gasteiger partial charge on any atom is -0.494 e. The minimum absolute atomic E-state index is 0.0402. The average Bonchev–Trinajstić information content (AvgIpc) is 2.60. The van der Waals surface area contributed by atoms with Gasteiger partial charge < -0.3 is 19.7 Å². The number of benzene rings is 2. The molecule has 0 heterocycles. The Morgan fingerprint density at radius 1 is 1.16 bits per heavy atom. The van der Waals surface area contributed by atoms with Crippen molar-refractivity contribution in [3.05, 3.63) is 59.9 Å². The van der Waals surface area contributed by atoms with Crippen molar-refractivity contribution in [1.29, 1.82) is 0 Å². The molecule has 1 atom stereocenters. The normalized spacial score (nSPS) is 11.7. The number of amides is 1. The Labute approximate surface area is 147 Å². The summed E-state index contributed by atoms with van der Waals surface area (Å²) in [7, 11) is 5.13. The van der Waals surface area contributed by atoms with Crippen LogP contribution in [0.15, 0.2) is 48.5 Å². The Hall–Kier alpha value is -2.60. The van der Waals surface area contributed by atoms with Crippen LogP contribution in [-0.2, 0) is 0 Å². The maximum Gasteiger partial charge on any atom is 0.414 e. The number of nitrogens with zero attached hydrogens (tertiary/aromatic N) is 1. The van der Waals surface area contributed by atoms with Crippen LogP contribution in [0, 0.1) is 5.82 Å². The van der Waals surface area contributed by atoms with Gasteiger partial charge in [0.05, 0.1) is 6.61 Å². The van der Waals surface area contributed by atoms with E-state index in [0.29, 0.717) is 24.5 Å². The highest BCUT2D eigenvalue weighted by atomic mass is 19.1. The molecular weight excluding hydrogens is 323 g/mol. The van der Waals surface area contributed by atoms with E-state index in [-0.39, 0.29) is 11.9 Å². The molecule has 0 saturated heterocycles. The Balaban J connectivity index is 1.95. The number of nitrogens with one attached hydrogen (secondary N) is 1. The summed E-state index contributed by atoms with van der Waals surface area (Å²) < 4.78 is 23.8. The molecule has 0 aromatic heterocycles. The Bertz CT molecular complexity index is 689. The molecule has 5 nitrogen and oxygen atoms in total. The highest BCUT2D eigenvalue weighted by molar-refractivity contribution is 5.70. The van der Waals surface area contributed by atoms with Crippen LogP contribution in [0.2, 0.25) is 0 Å². The van der Waals surface area contributed by atoms with Crippen molar-refractivity contribution < 1.29 is 18.7 Å². The summed E-state index contributed by atoms with van der Waals surface area (Å²) in [6.45, 7) is 0.471. The average molecular weight is 346 g/mol. The molecule has 0 bridgehead atoms. The third-order valence-electron chi connectivity index (χ3n) is 3.67. The molecule has 0 aliphatic heterocycles. The third kappa shape index (κ3) is 5.76. The number of ether oxygens (including phenoxy) is 2. The van der Waals surface area contributed by atoms with Gasteiger partial charge in [0, 0.05) is 26.6 Å². The van der Waals surface area contributed by atoms with Crippen LogP contribution in [0.3, 0.4) is 0 Å². The van der Waals surface area contributed by atoms with Gasteiger partial charge in [0.15, 0.2) is 0 Å². The molecular formula is C19H23FN2O3. The number of hydrogen-bond donors (Lipinski definition) is 1. The lowest BCUT2D eigenvalue weighted by atomic mass is 10.0. The second kappa shape index (κ2) is 9.03. The highest BCUT2D eigenvalue weighted by Gasteiger charge is 2.12. The molecule has 2 aromatic carbocycles. The van der Waals surface area contributed by atoms with Gasteiger partial charge in [-0.05, 0) is 49.0 Å². The van der Waals surface area contributed by atoms with Crippen molar-refractivity contribution in [3.8, 4) is 11.5 Å². The van der Waals surface area contributed by atoms with Gasteiger partial charge in [-0.3, -0.25) is 0 Å². The van der Waals surface area contributed by atoms with Crippen LogP contribution >= 0.6 is 0 Å². The fraction of sp³-hybridized carbons (Fsp3) is 0.316. The smallest absolute Gasteiger partial charge is 0.414 e. The Morgan fingerprint density at radius 2 is 1.88 bits per heavy atom. The summed E-state index contributed by atoms with van der Waals surface area (Å²) >= 11 is 0.